The summed E-state index contributed by atoms with van der Waals surface area (Å²) in [6, 6.07) is 7.57. The largest absolute Gasteiger partial charge is 0.481 e. The molecule has 1 aromatic rings. The minimum Gasteiger partial charge on any atom is -0.481 e. The minimum absolute atomic E-state index is 0.158. The number of hydrogen-bond donors (Lipinski definition) is 1. The standard InChI is InChI=1S/C11H11O4P.C4H10O/c12-11(13)10-5-9(10)8-3-1-7(2-4-8)6-15-16-14;1-3-5-4-2/h1-4,9-10H,5-6H2,(H,12,13);3-4H2,1-2H3/t9-,10-;/m1./s1. The summed E-state index contributed by atoms with van der Waals surface area (Å²) in [5, 5.41) is 8.80. The van der Waals surface area contributed by atoms with Crippen LogP contribution in [0.25, 0.3) is 0 Å². The quantitative estimate of drug-likeness (QED) is 0.778. The molecule has 0 amide bonds. The van der Waals surface area contributed by atoms with Gasteiger partial charge in [0.15, 0.2) is 0 Å². The van der Waals surface area contributed by atoms with Gasteiger partial charge in [-0.1, -0.05) is 24.3 Å². The molecule has 0 unspecified atom stereocenters. The molecule has 2 atom stereocenters. The van der Waals surface area contributed by atoms with Crippen LogP contribution >= 0.6 is 8.69 Å². The van der Waals surface area contributed by atoms with Crippen molar-refractivity contribution in [1.82, 2.24) is 0 Å². The highest BCUT2D eigenvalue weighted by Gasteiger charge is 2.43. The molecule has 6 heteroatoms. The van der Waals surface area contributed by atoms with Gasteiger partial charge in [-0.05, 0) is 37.3 Å². The molecule has 1 fully saturated rings. The van der Waals surface area contributed by atoms with Crippen LogP contribution in [-0.2, 0) is 25.2 Å². The van der Waals surface area contributed by atoms with Gasteiger partial charge >= 0.3 is 14.7 Å². The number of carboxylic acid groups (broad SMARTS) is 1. The van der Waals surface area contributed by atoms with Crippen LogP contribution < -0.4 is 0 Å². The summed E-state index contributed by atoms with van der Waals surface area (Å²) in [5.74, 6) is -0.782. The number of benzene rings is 1. The lowest BCUT2D eigenvalue weighted by Gasteiger charge is -2.01. The molecule has 5 nitrogen and oxygen atoms in total. The van der Waals surface area contributed by atoms with Crippen molar-refractivity contribution in [2.24, 2.45) is 5.92 Å². The van der Waals surface area contributed by atoms with Crippen molar-refractivity contribution in [3.8, 4) is 0 Å². The molecule has 0 saturated heterocycles. The fourth-order valence-corrected chi connectivity index (χ4v) is 2.20. The van der Waals surface area contributed by atoms with E-state index in [-0.39, 0.29) is 20.5 Å². The van der Waals surface area contributed by atoms with Crippen LogP contribution in [0, 0.1) is 5.92 Å². The molecule has 1 aromatic carbocycles. The molecule has 0 aromatic heterocycles. The van der Waals surface area contributed by atoms with Gasteiger partial charge < -0.3 is 9.84 Å². The molecule has 116 valence electrons. The molecule has 1 saturated carbocycles. The first-order valence-electron chi connectivity index (χ1n) is 6.98. The Hall–Kier alpha value is -1.29. The number of carboxylic acids is 1. The maximum Gasteiger partial charge on any atom is 0.327 e. The number of carbonyl (C=O) groups is 1. The number of aliphatic carboxylic acids is 1. The fourth-order valence-electron chi connectivity index (χ4n) is 2.00. The smallest absolute Gasteiger partial charge is 0.327 e. The van der Waals surface area contributed by atoms with Crippen LogP contribution in [0.3, 0.4) is 0 Å². The zero-order valence-corrected chi connectivity index (χ0v) is 13.2. The summed E-state index contributed by atoms with van der Waals surface area (Å²) in [7, 11) is -0.326. The minimum atomic E-state index is -0.720. The Bertz CT molecular complexity index is 444. The van der Waals surface area contributed by atoms with Gasteiger partial charge in [0.2, 0.25) is 0 Å². The van der Waals surface area contributed by atoms with Crippen molar-refractivity contribution in [2.45, 2.75) is 32.8 Å². The van der Waals surface area contributed by atoms with E-state index in [1.165, 1.54) is 0 Å². The summed E-state index contributed by atoms with van der Waals surface area (Å²) in [6.45, 7) is 5.97. The lowest BCUT2D eigenvalue weighted by Crippen LogP contribution is -1.98. The lowest BCUT2D eigenvalue weighted by molar-refractivity contribution is -0.138. The fraction of sp³-hybridized carbons (Fsp3) is 0.533. The molecule has 1 aliphatic rings. The van der Waals surface area contributed by atoms with Crippen molar-refractivity contribution >= 4 is 14.7 Å². The van der Waals surface area contributed by atoms with E-state index >= 15 is 0 Å². The van der Waals surface area contributed by atoms with Crippen molar-refractivity contribution in [3.63, 3.8) is 0 Å². The Balaban J connectivity index is 0.000000383. The van der Waals surface area contributed by atoms with Crippen molar-refractivity contribution in [3.05, 3.63) is 35.4 Å². The normalized spacial score (nSPS) is 19.7. The van der Waals surface area contributed by atoms with Gasteiger partial charge in [-0.3, -0.25) is 9.32 Å². The van der Waals surface area contributed by atoms with Gasteiger partial charge in [0.25, 0.3) is 0 Å². The first-order valence-corrected chi connectivity index (χ1v) is 7.71. The summed E-state index contributed by atoms with van der Waals surface area (Å²) >= 11 is 0. The maximum absolute atomic E-state index is 10.7. The highest BCUT2D eigenvalue weighted by Crippen LogP contribution is 2.47. The van der Waals surface area contributed by atoms with E-state index in [1.54, 1.807) is 0 Å². The summed E-state index contributed by atoms with van der Waals surface area (Å²) in [4.78, 5) is 10.7. The monoisotopic (exact) mass is 312 g/mol. The third-order valence-corrected chi connectivity index (χ3v) is 3.44. The molecular formula is C15H21O5P. The molecule has 21 heavy (non-hydrogen) atoms. The molecule has 1 N–H and O–H groups in total. The van der Waals surface area contributed by atoms with Gasteiger partial charge in [0.1, 0.15) is 0 Å². The number of rotatable bonds is 7. The second kappa shape index (κ2) is 9.61. The molecular weight excluding hydrogens is 291 g/mol. The first kappa shape index (κ1) is 17.8. The van der Waals surface area contributed by atoms with Crippen molar-refractivity contribution in [2.75, 3.05) is 13.2 Å². The Morgan fingerprint density at radius 1 is 1.29 bits per heavy atom. The van der Waals surface area contributed by atoms with Crippen LogP contribution in [0.5, 0.6) is 0 Å². The zero-order valence-electron chi connectivity index (χ0n) is 12.3. The Morgan fingerprint density at radius 2 is 1.90 bits per heavy atom. The Labute approximate surface area is 126 Å². The average molecular weight is 312 g/mol. The van der Waals surface area contributed by atoms with Crippen molar-refractivity contribution in [1.29, 1.82) is 0 Å². The van der Waals surface area contributed by atoms with E-state index in [1.807, 2.05) is 38.1 Å². The van der Waals surface area contributed by atoms with Gasteiger partial charge in [0.05, 0.1) is 12.5 Å². The van der Waals surface area contributed by atoms with Crippen LogP contribution in [0.15, 0.2) is 24.3 Å². The molecule has 2 rings (SSSR count). The summed E-state index contributed by atoms with van der Waals surface area (Å²) < 4.78 is 19.6. The molecule has 0 bridgehead atoms. The third-order valence-electron chi connectivity index (χ3n) is 3.21. The topological polar surface area (TPSA) is 72.8 Å². The summed E-state index contributed by atoms with van der Waals surface area (Å²) in [5.41, 5.74) is 1.98. The van der Waals surface area contributed by atoms with Crippen LogP contribution in [-0.4, -0.2) is 24.3 Å². The predicted molar refractivity (Wildman–Crippen MR) is 79.5 cm³/mol. The molecule has 1 aliphatic carbocycles. The molecule has 0 spiro atoms. The number of hydrogen-bond acceptors (Lipinski definition) is 4. The van der Waals surface area contributed by atoms with Crippen molar-refractivity contribution < 1.29 is 23.7 Å². The molecule has 0 aliphatic heterocycles. The SMILES string of the molecule is CCOCC.O=POCc1ccc([C@H]2C[C@H]2C(=O)O)cc1. The van der Waals surface area contributed by atoms with Crippen LogP contribution in [0.2, 0.25) is 0 Å². The average Bonchev–Trinajstić information content (AvgIpc) is 3.28. The second-order valence-electron chi connectivity index (χ2n) is 4.66. The van der Waals surface area contributed by atoms with E-state index in [9.17, 15) is 9.36 Å². The number of ether oxygens (including phenoxy) is 1. The third kappa shape index (κ3) is 6.34. The highest BCUT2D eigenvalue weighted by molar-refractivity contribution is 7.17. The first-order chi connectivity index (χ1) is 10.1. The van der Waals surface area contributed by atoms with Gasteiger partial charge in [-0.2, -0.15) is 0 Å². The Kier molecular flexibility index (Phi) is 8.13. The molecule has 0 radical (unpaired) electrons. The van der Waals surface area contributed by atoms with Crippen LogP contribution in [0.4, 0.5) is 0 Å². The lowest BCUT2D eigenvalue weighted by atomic mass is 10.1. The van der Waals surface area contributed by atoms with E-state index < -0.39 is 5.97 Å². The Morgan fingerprint density at radius 3 is 2.29 bits per heavy atom. The van der Waals surface area contributed by atoms with Gasteiger partial charge in [-0.15, -0.1) is 0 Å². The van der Waals surface area contributed by atoms with E-state index in [2.05, 4.69) is 0 Å². The van der Waals surface area contributed by atoms with Crippen LogP contribution in [0.1, 0.15) is 37.3 Å². The zero-order chi connectivity index (χ0) is 15.7. The molecule has 0 heterocycles. The van der Waals surface area contributed by atoms with E-state index in [4.69, 9.17) is 14.4 Å². The summed E-state index contributed by atoms with van der Waals surface area (Å²) in [6.07, 6.45) is 0.727. The van der Waals surface area contributed by atoms with Gasteiger partial charge in [0, 0.05) is 13.2 Å². The highest BCUT2D eigenvalue weighted by atomic mass is 31.1. The van der Waals surface area contributed by atoms with E-state index in [0.29, 0.717) is 6.61 Å². The van der Waals surface area contributed by atoms with Gasteiger partial charge in [-0.25, -0.2) is 4.57 Å². The maximum atomic E-state index is 10.7. The second-order valence-corrected chi connectivity index (χ2v) is 5.07. The predicted octanol–water partition coefficient (Wildman–Crippen LogP) is 3.64. The van der Waals surface area contributed by atoms with E-state index in [0.717, 1.165) is 30.8 Å².